The summed E-state index contributed by atoms with van der Waals surface area (Å²) in [4.78, 5) is 41.2. The van der Waals surface area contributed by atoms with Crippen LogP contribution in [0.3, 0.4) is 0 Å². The zero-order chi connectivity index (χ0) is 21.8. The van der Waals surface area contributed by atoms with Crippen molar-refractivity contribution in [1.82, 2.24) is 19.7 Å². The summed E-state index contributed by atoms with van der Waals surface area (Å²) in [5, 5.41) is 11.8. The number of thioether (sulfide) groups is 1. The second-order valence-electron chi connectivity index (χ2n) is 6.33. The molecule has 1 N–H and O–H groups in total. The molecule has 0 saturated heterocycles. The Kier molecular flexibility index (Phi) is 6.40. The fourth-order valence-electron chi connectivity index (χ4n) is 2.70. The molecule has 0 atom stereocenters. The molecule has 0 aliphatic rings. The molecule has 0 radical (unpaired) electrons. The highest BCUT2D eigenvalue weighted by Crippen LogP contribution is 2.26. The van der Waals surface area contributed by atoms with Gasteiger partial charge in [-0.05, 0) is 36.4 Å². The number of fused-ring (bicyclic) bond motifs is 1. The summed E-state index contributed by atoms with van der Waals surface area (Å²) in [7, 11) is 0. The first-order chi connectivity index (χ1) is 15.0. The van der Waals surface area contributed by atoms with Crippen LogP contribution in [0.5, 0.6) is 0 Å². The fourth-order valence-corrected chi connectivity index (χ4v) is 4.49. The van der Waals surface area contributed by atoms with Gasteiger partial charge in [-0.15, -0.1) is 10.2 Å². The highest BCUT2D eigenvalue weighted by Gasteiger charge is 2.13. The lowest BCUT2D eigenvalue weighted by Crippen LogP contribution is -2.27. The number of carbonyl (C=O) groups excluding carboxylic acids is 2. The summed E-state index contributed by atoms with van der Waals surface area (Å²) in [5.74, 6) is -0.308. The molecule has 2 aromatic carbocycles. The van der Waals surface area contributed by atoms with Crippen molar-refractivity contribution >= 4 is 62.4 Å². The Labute approximate surface area is 189 Å². The smallest absolute Gasteiger partial charge is 0.261 e. The van der Waals surface area contributed by atoms with Crippen LogP contribution in [0.25, 0.3) is 10.9 Å². The fraction of sp³-hybridized carbons (Fsp3) is 0.100. The van der Waals surface area contributed by atoms with Gasteiger partial charge in [-0.2, -0.15) is 0 Å². The van der Waals surface area contributed by atoms with Crippen LogP contribution >= 0.6 is 34.7 Å². The average molecular weight is 472 g/mol. The van der Waals surface area contributed by atoms with Gasteiger partial charge < -0.3 is 0 Å². The van der Waals surface area contributed by atoms with E-state index in [-0.39, 0.29) is 28.8 Å². The summed E-state index contributed by atoms with van der Waals surface area (Å²) < 4.78 is 1.78. The van der Waals surface area contributed by atoms with Crippen LogP contribution in [0.2, 0.25) is 5.02 Å². The molecule has 11 heteroatoms. The van der Waals surface area contributed by atoms with Crippen LogP contribution in [0.1, 0.15) is 10.4 Å². The minimum Gasteiger partial charge on any atom is -0.299 e. The van der Waals surface area contributed by atoms with E-state index >= 15 is 0 Å². The van der Waals surface area contributed by atoms with Crippen LogP contribution in [-0.2, 0) is 11.3 Å². The summed E-state index contributed by atoms with van der Waals surface area (Å²) in [5.41, 5.74) is 0.836. The van der Waals surface area contributed by atoms with E-state index in [1.165, 1.54) is 22.7 Å². The van der Waals surface area contributed by atoms with Crippen molar-refractivity contribution in [3.63, 3.8) is 0 Å². The first-order valence-corrected chi connectivity index (χ1v) is 11.2. The van der Waals surface area contributed by atoms with Crippen molar-refractivity contribution in [2.24, 2.45) is 0 Å². The molecule has 2 aromatic heterocycles. The predicted molar refractivity (Wildman–Crippen MR) is 121 cm³/mol. The van der Waals surface area contributed by atoms with Gasteiger partial charge in [-0.25, -0.2) is 4.98 Å². The molecule has 0 unspecified atom stereocenters. The van der Waals surface area contributed by atoms with E-state index in [1.54, 1.807) is 48.5 Å². The van der Waals surface area contributed by atoms with Crippen molar-refractivity contribution in [2.45, 2.75) is 10.9 Å². The SMILES string of the molecule is O=C(Cn1cnc2ccccc2c1=O)Nc1nnc(SCC(=O)c2ccc(Cl)cc2)s1. The highest BCUT2D eigenvalue weighted by molar-refractivity contribution is 8.01. The molecule has 0 bridgehead atoms. The van der Waals surface area contributed by atoms with E-state index in [0.717, 1.165) is 11.3 Å². The summed E-state index contributed by atoms with van der Waals surface area (Å²) in [6.07, 6.45) is 1.34. The quantitative estimate of drug-likeness (QED) is 0.249. The zero-order valence-corrected chi connectivity index (χ0v) is 18.2. The van der Waals surface area contributed by atoms with E-state index in [4.69, 9.17) is 11.6 Å². The molecule has 4 rings (SSSR count). The summed E-state index contributed by atoms with van der Waals surface area (Å²) >= 11 is 8.21. The van der Waals surface area contributed by atoms with Crippen molar-refractivity contribution in [3.8, 4) is 0 Å². The van der Waals surface area contributed by atoms with Crippen LogP contribution < -0.4 is 10.9 Å². The molecule has 156 valence electrons. The zero-order valence-electron chi connectivity index (χ0n) is 15.8. The number of benzene rings is 2. The maximum atomic E-state index is 12.5. The lowest BCUT2D eigenvalue weighted by molar-refractivity contribution is -0.116. The van der Waals surface area contributed by atoms with E-state index in [2.05, 4.69) is 20.5 Å². The number of nitrogens with zero attached hydrogens (tertiary/aromatic N) is 4. The van der Waals surface area contributed by atoms with Crippen molar-refractivity contribution in [3.05, 3.63) is 75.8 Å². The van der Waals surface area contributed by atoms with Crippen molar-refractivity contribution < 1.29 is 9.59 Å². The second kappa shape index (κ2) is 9.38. The first-order valence-electron chi connectivity index (χ1n) is 8.99. The lowest BCUT2D eigenvalue weighted by atomic mass is 10.1. The van der Waals surface area contributed by atoms with Crippen LogP contribution in [0.4, 0.5) is 5.13 Å². The number of aromatic nitrogens is 4. The first kappa shape index (κ1) is 21.2. The van der Waals surface area contributed by atoms with E-state index in [0.29, 0.717) is 25.8 Å². The van der Waals surface area contributed by atoms with Gasteiger partial charge in [0.2, 0.25) is 11.0 Å². The largest absolute Gasteiger partial charge is 0.299 e. The topological polar surface area (TPSA) is 107 Å². The number of nitrogens with one attached hydrogen (secondary N) is 1. The molecule has 4 aromatic rings. The molecule has 8 nitrogen and oxygen atoms in total. The normalized spacial score (nSPS) is 10.9. The molecule has 2 heterocycles. The molecule has 31 heavy (non-hydrogen) atoms. The number of anilines is 1. The minimum absolute atomic E-state index is 0.0642. The van der Waals surface area contributed by atoms with Crippen LogP contribution in [-0.4, -0.2) is 37.2 Å². The molecule has 0 aliphatic heterocycles. The third-order valence-electron chi connectivity index (χ3n) is 4.19. The van der Waals surface area contributed by atoms with E-state index in [1.807, 2.05) is 0 Å². The van der Waals surface area contributed by atoms with Gasteiger partial charge in [0.1, 0.15) is 6.54 Å². The highest BCUT2D eigenvalue weighted by atomic mass is 35.5. The number of para-hydroxylation sites is 1. The maximum absolute atomic E-state index is 12.5. The third-order valence-corrected chi connectivity index (χ3v) is 6.42. The van der Waals surface area contributed by atoms with Gasteiger partial charge in [-0.3, -0.25) is 24.3 Å². The Morgan fingerprint density at radius 2 is 1.87 bits per heavy atom. The number of amides is 1. The molecule has 1 amide bonds. The van der Waals surface area contributed by atoms with Gasteiger partial charge in [0.05, 0.1) is 23.0 Å². The molecule has 0 saturated carbocycles. The Morgan fingerprint density at radius 1 is 1.10 bits per heavy atom. The molecule has 0 aliphatic carbocycles. The third kappa shape index (κ3) is 5.16. The van der Waals surface area contributed by atoms with Crippen LogP contribution in [0.15, 0.2) is 64.0 Å². The van der Waals surface area contributed by atoms with Gasteiger partial charge >= 0.3 is 0 Å². The van der Waals surface area contributed by atoms with E-state index < -0.39 is 5.91 Å². The molecule has 0 fully saturated rings. The Hall–Kier alpha value is -3.08. The number of hydrogen-bond donors (Lipinski definition) is 1. The molecule has 0 spiro atoms. The molecular weight excluding hydrogens is 458 g/mol. The van der Waals surface area contributed by atoms with Gasteiger partial charge in [0.25, 0.3) is 5.56 Å². The Bertz CT molecular complexity index is 1320. The van der Waals surface area contributed by atoms with Gasteiger partial charge in [0, 0.05) is 10.6 Å². The van der Waals surface area contributed by atoms with Crippen molar-refractivity contribution in [2.75, 3.05) is 11.1 Å². The minimum atomic E-state index is -0.427. The number of ketones is 1. The monoisotopic (exact) mass is 471 g/mol. The summed E-state index contributed by atoms with van der Waals surface area (Å²) in [6, 6.07) is 13.6. The van der Waals surface area contributed by atoms with Gasteiger partial charge in [-0.1, -0.05) is 46.8 Å². The number of halogens is 1. The second-order valence-corrected chi connectivity index (χ2v) is 8.97. The lowest BCUT2D eigenvalue weighted by Gasteiger charge is -2.05. The Morgan fingerprint density at radius 3 is 2.68 bits per heavy atom. The predicted octanol–water partition coefficient (Wildman–Crippen LogP) is 3.52. The average Bonchev–Trinajstić information content (AvgIpc) is 3.22. The number of carbonyl (C=O) groups is 2. The van der Waals surface area contributed by atoms with Crippen LogP contribution in [0, 0.1) is 0 Å². The Balaban J connectivity index is 1.35. The number of Topliss-reactive ketones (excluding diaryl/α,β-unsaturated/α-hetero) is 1. The number of hydrogen-bond acceptors (Lipinski definition) is 8. The maximum Gasteiger partial charge on any atom is 0.261 e. The standard InChI is InChI=1S/C20H14ClN5O3S2/c21-13-7-5-12(6-8-13)16(27)10-30-20-25-24-19(31-20)23-17(28)9-26-11-22-15-4-2-1-3-14(15)18(26)29/h1-8,11H,9-10H2,(H,23,24,28). The summed E-state index contributed by atoms with van der Waals surface area (Å²) in [6.45, 7) is -0.201. The van der Waals surface area contributed by atoms with Crippen molar-refractivity contribution in [1.29, 1.82) is 0 Å². The van der Waals surface area contributed by atoms with E-state index in [9.17, 15) is 14.4 Å². The number of rotatable bonds is 7. The molecular formula is C20H14ClN5O3S2. The van der Waals surface area contributed by atoms with Gasteiger partial charge in [0.15, 0.2) is 10.1 Å².